The van der Waals surface area contributed by atoms with Crippen LogP contribution in [0.3, 0.4) is 0 Å². The summed E-state index contributed by atoms with van der Waals surface area (Å²) in [6.45, 7) is 1.81. The average Bonchev–Trinajstić information content (AvgIpc) is 2.91. The Labute approximate surface area is 216 Å². The van der Waals surface area contributed by atoms with Crippen molar-refractivity contribution in [1.29, 1.82) is 0 Å². The van der Waals surface area contributed by atoms with Crippen LogP contribution in [-0.2, 0) is 14.8 Å². The van der Waals surface area contributed by atoms with Gasteiger partial charge in [-0.1, -0.05) is 0 Å². The van der Waals surface area contributed by atoms with E-state index in [9.17, 15) is 13.2 Å². The number of benzene rings is 3. The molecule has 0 atom stereocenters. The molecular weight excluding hydrogens is 500 g/mol. The summed E-state index contributed by atoms with van der Waals surface area (Å²) < 4.78 is 55.0. The molecule has 0 aliphatic rings. The number of nitrogens with zero attached hydrogens (tertiary/aromatic N) is 1. The van der Waals surface area contributed by atoms with E-state index in [0.29, 0.717) is 35.3 Å². The minimum absolute atomic E-state index is 0.0713. The fraction of sp³-hybridized carbons (Fsp3) is 0.269. The lowest BCUT2D eigenvalue weighted by Gasteiger charge is -2.25. The van der Waals surface area contributed by atoms with Crippen LogP contribution in [0, 0.1) is 0 Å². The van der Waals surface area contributed by atoms with Gasteiger partial charge in [0.05, 0.1) is 45.6 Å². The third kappa shape index (κ3) is 6.36. The molecule has 198 valence electrons. The zero-order valence-electron chi connectivity index (χ0n) is 21.3. The van der Waals surface area contributed by atoms with Gasteiger partial charge >= 0.3 is 0 Å². The summed E-state index contributed by atoms with van der Waals surface area (Å²) in [5, 5.41) is 2.71. The van der Waals surface area contributed by atoms with Crippen LogP contribution in [0.1, 0.15) is 6.92 Å². The standard InChI is InChI=1S/C26H30N2O8S/c1-6-36-20-10-8-19(9-11-20)28(37(30,31)21-12-14-23(33-3)25(16-21)35-5)17-26(29)27-18-7-13-22(32-2)24(15-18)34-4/h7-16H,6,17H2,1-5H3,(H,27,29). The van der Waals surface area contributed by atoms with E-state index in [1.165, 1.54) is 46.6 Å². The molecule has 0 saturated heterocycles. The molecule has 37 heavy (non-hydrogen) atoms. The molecule has 3 aromatic carbocycles. The van der Waals surface area contributed by atoms with Gasteiger partial charge in [-0.05, 0) is 55.5 Å². The van der Waals surface area contributed by atoms with Crippen LogP contribution in [-0.4, -0.2) is 55.9 Å². The van der Waals surface area contributed by atoms with Gasteiger partial charge < -0.3 is 29.0 Å². The first-order valence-corrected chi connectivity index (χ1v) is 12.7. The van der Waals surface area contributed by atoms with E-state index < -0.39 is 22.5 Å². The first-order valence-electron chi connectivity index (χ1n) is 11.3. The highest BCUT2D eigenvalue weighted by Gasteiger charge is 2.28. The van der Waals surface area contributed by atoms with E-state index in [-0.39, 0.29) is 16.3 Å². The molecule has 0 fully saturated rings. The number of amides is 1. The van der Waals surface area contributed by atoms with Crippen molar-refractivity contribution in [3.63, 3.8) is 0 Å². The second kappa shape index (κ2) is 12.2. The summed E-state index contributed by atoms with van der Waals surface area (Å²) in [5.41, 5.74) is 0.693. The van der Waals surface area contributed by atoms with Gasteiger partial charge in [0.25, 0.3) is 10.0 Å². The summed E-state index contributed by atoms with van der Waals surface area (Å²) in [7, 11) is 1.65. The number of sulfonamides is 1. The van der Waals surface area contributed by atoms with Crippen LogP contribution in [0.5, 0.6) is 28.7 Å². The van der Waals surface area contributed by atoms with Crippen LogP contribution in [0.2, 0.25) is 0 Å². The van der Waals surface area contributed by atoms with Crippen molar-refractivity contribution in [3.05, 3.63) is 60.7 Å². The van der Waals surface area contributed by atoms with Gasteiger partial charge in [0.1, 0.15) is 12.3 Å². The Hall–Kier alpha value is -4.12. The average molecular weight is 531 g/mol. The molecule has 0 heterocycles. The van der Waals surface area contributed by atoms with E-state index >= 15 is 0 Å². The Bertz CT molecular complexity index is 1330. The Morgan fingerprint density at radius 3 is 1.92 bits per heavy atom. The molecule has 0 radical (unpaired) electrons. The maximum absolute atomic E-state index is 13.8. The van der Waals surface area contributed by atoms with Gasteiger partial charge in [-0.2, -0.15) is 0 Å². The largest absolute Gasteiger partial charge is 0.494 e. The summed E-state index contributed by atoms with van der Waals surface area (Å²) in [6, 6.07) is 15.5. The van der Waals surface area contributed by atoms with Crippen molar-refractivity contribution < 1.29 is 36.9 Å². The summed E-state index contributed by atoms with van der Waals surface area (Å²) in [6.07, 6.45) is 0. The van der Waals surface area contributed by atoms with Gasteiger partial charge in [-0.3, -0.25) is 9.10 Å². The third-order valence-corrected chi connectivity index (χ3v) is 7.10. The number of carbonyl (C=O) groups excluding carboxylic acids is 1. The van der Waals surface area contributed by atoms with Gasteiger partial charge in [0.2, 0.25) is 5.91 Å². The number of carbonyl (C=O) groups is 1. The second-order valence-corrected chi connectivity index (χ2v) is 9.44. The van der Waals surface area contributed by atoms with Crippen molar-refractivity contribution in [3.8, 4) is 28.7 Å². The zero-order chi connectivity index (χ0) is 27.0. The fourth-order valence-electron chi connectivity index (χ4n) is 3.54. The van der Waals surface area contributed by atoms with E-state index in [1.54, 1.807) is 42.5 Å². The molecule has 0 aromatic heterocycles. The zero-order valence-corrected chi connectivity index (χ0v) is 22.1. The van der Waals surface area contributed by atoms with Crippen molar-refractivity contribution in [2.75, 3.05) is 51.2 Å². The van der Waals surface area contributed by atoms with E-state index in [0.717, 1.165) is 4.31 Å². The number of hydrogen-bond donors (Lipinski definition) is 1. The smallest absolute Gasteiger partial charge is 0.264 e. The molecule has 0 unspecified atom stereocenters. The lowest BCUT2D eigenvalue weighted by atomic mass is 10.2. The monoisotopic (exact) mass is 530 g/mol. The second-order valence-electron chi connectivity index (χ2n) is 7.57. The quantitative estimate of drug-likeness (QED) is 0.375. The van der Waals surface area contributed by atoms with Gasteiger partial charge in [0, 0.05) is 17.8 Å². The molecule has 0 aliphatic heterocycles. The maximum atomic E-state index is 13.8. The summed E-state index contributed by atoms with van der Waals surface area (Å²) >= 11 is 0. The maximum Gasteiger partial charge on any atom is 0.264 e. The lowest BCUT2D eigenvalue weighted by molar-refractivity contribution is -0.114. The van der Waals surface area contributed by atoms with E-state index in [1.807, 2.05) is 6.92 Å². The lowest BCUT2D eigenvalue weighted by Crippen LogP contribution is -2.38. The molecule has 3 rings (SSSR count). The molecule has 0 saturated carbocycles. The minimum Gasteiger partial charge on any atom is -0.494 e. The molecule has 0 bridgehead atoms. The molecular formula is C26H30N2O8S. The minimum atomic E-state index is -4.20. The van der Waals surface area contributed by atoms with Crippen LogP contribution in [0.25, 0.3) is 0 Å². The van der Waals surface area contributed by atoms with Crippen molar-refractivity contribution >= 4 is 27.3 Å². The van der Waals surface area contributed by atoms with Gasteiger partial charge in [-0.15, -0.1) is 0 Å². The normalized spacial score (nSPS) is 10.8. The topological polar surface area (TPSA) is 113 Å². The van der Waals surface area contributed by atoms with Gasteiger partial charge in [-0.25, -0.2) is 8.42 Å². The number of ether oxygens (including phenoxy) is 5. The Kier molecular flexibility index (Phi) is 9.07. The van der Waals surface area contributed by atoms with Crippen LogP contribution < -0.4 is 33.3 Å². The Morgan fingerprint density at radius 1 is 0.784 bits per heavy atom. The van der Waals surface area contributed by atoms with Crippen molar-refractivity contribution in [2.45, 2.75) is 11.8 Å². The first-order chi connectivity index (χ1) is 17.8. The molecule has 0 spiro atoms. The van der Waals surface area contributed by atoms with Crippen LogP contribution >= 0.6 is 0 Å². The van der Waals surface area contributed by atoms with Crippen LogP contribution in [0.15, 0.2) is 65.6 Å². The highest BCUT2D eigenvalue weighted by Crippen LogP contribution is 2.33. The molecule has 1 N–H and O–H groups in total. The molecule has 0 aliphatic carbocycles. The third-order valence-electron chi connectivity index (χ3n) is 5.33. The number of nitrogens with one attached hydrogen (secondary N) is 1. The predicted molar refractivity (Wildman–Crippen MR) is 140 cm³/mol. The Balaban J connectivity index is 1.97. The predicted octanol–water partition coefficient (Wildman–Crippen LogP) is 3.95. The molecule has 10 nitrogen and oxygen atoms in total. The van der Waals surface area contributed by atoms with Gasteiger partial charge in [0.15, 0.2) is 23.0 Å². The number of methoxy groups -OCH3 is 4. The number of anilines is 2. The first kappa shape index (κ1) is 27.5. The van der Waals surface area contributed by atoms with E-state index in [2.05, 4.69) is 5.32 Å². The van der Waals surface area contributed by atoms with Crippen LogP contribution in [0.4, 0.5) is 11.4 Å². The summed E-state index contributed by atoms with van der Waals surface area (Å²) in [5.74, 6) is 1.54. The number of hydrogen-bond acceptors (Lipinski definition) is 8. The highest BCUT2D eigenvalue weighted by atomic mass is 32.2. The Morgan fingerprint density at radius 2 is 1.35 bits per heavy atom. The number of rotatable bonds is 12. The SMILES string of the molecule is CCOc1ccc(N(CC(=O)Nc2ccc(OC)c(OC)c2)S(=O)(=O)c2ccc(OC)c(OC)c2)cc1. The highest BCUT2D eigenvalue weighted by molar-refractivity contribution is 7.92. The fourth-order valence-corrected chi connectivity index (χ4v) is 4.98. The molecule has 3 aromatic rings. The molecule has 11 heteroatoms. The van der Waals surface area contributed by atoms with Crippen molar-refractivity contribution in [2.24, 2.45) is 0 Å². The molecule has 1 amide bonds. The summed E-state index contributed by atoms with van der Waals surface area (Å²) in [4.78, 5) is 13.0. The van der Waals surface area contributed by atoms with Crippen molar-refractivity contribution in [1.82, 2.24) is 0 Å². The van der Waals surface area contributed by atoms with E-state index in [4.69, 9.17) is 23.7 Å².